The maximum atomic E-state index is 4.46. The molecule has 0 unspecified atom stereocenters. The van der Waals surface area contributed by atoms with Crippen LogP contribution >= 0.6 is 0 Å². The minimum absolute atomic E-state index is 0.413. The van der Waals surface area contributed by atoms with Crippen LogP contribution < -0.4 is 0 Å². The average Bonchev–Trinajstić information content (AvgIpc) is 2.96. The highest BCUT2D eigenvalue weighted by atomic mass is 15.3. The summed E-state index contributed by atoms with van der Waals surface area (Å²) in [5.74, 6) is 0. The Hall–Kier alpha value is -1.75. The highest BCUT2D eigenvalue weighted by Gasteiger charge is 2.25. The van der Waals surface area contributed by atoms with Crippen LogP contribution in [0.25, 0.3) is 0 Å². The van der Waals surface area contributed by atoms with Crippen molar-refractivity contribution < 1.29 is 0 Å². The van der Waals surface area contributed by atoms with E-state index in [0.717, 1.165) is 31.7 Å². The third-order valence-corrected chi connectivity index (χ3v) is 4.08. The first-order valence-electron chi connectivity index (χ1n) is 7.88. The second-order valence-electron chi connectivity index (χ2n) is 5.73. The minimum Gasteiger partial charge on any atom is -0.290 e. The average molecular weight is 285 g/mol. The van der Waals surface area contributed by atoms with Gasteiger partial charge in [0, 0.05) is 31.0 Å². The van der Waals surface area contributed by atoms with E-state index in [1.54, 1.807) is 6.33 Å². The summed E-state index contributed by atoms with van der Waals surface area (Å²) in [5.41, 5.74) is 2.44. The Kier molecular flexibility index (Phi) is 4.60. The van der Waals surface area contributed by atoms with Gasteiger partial charge in [-0.25, -0.2) is 9.97 Å². The number of likely N-dealkylation sites (tertiary alicyclic amines) is 1. The van der Waals surface area contributed by atoms with Crippen LogP contribution in [0.5, 0.6) is 0 Å². The summed E-state index contributed by atoms with van der Waals surface area (Å²) in [5, 5.41) is 4.43. The molecule has 2 aromatic rings. The molecule has 112 valence electrons. The van der Waals surface area contributed by atoms with Gasteiger partial charge in [0.1, 0.15) is 6.33 Å². The van der Waals surface area contributed by atoms with E-state index in [9.17, 15) is 0 Å². The van der Waals surface area contributed by atoms with Crippen molar-refractivity contribution in [2.24, 2.45) is 0 Å². The number of aryl methyl sites for hydroxylation is 1. The van der Waals surface area contributed by atoms with Crippen LogP contribution in [-0.4, -0.2) is 31.2 Å². The maximum absolute atomic E-state index is 4.46. The Bertz CT molecular complexity index is 551. The van der Waals surface area contributed by atoms with Crippen molar-refractivity contribution in [1.29, 1.82) is 0 Å². The lowest BCUT2D eigenvalue weighted by Gasteiger charge is -2.34. The largest absolute Gasteiger partial charge is 0.290 e. The molecule has 0 N–H and O–H groups in total. The van der Waals surface area contributed by atoms with E-state index in [2.05, 4.69) is 33.1 Å². The van der Waals surface area contributed by atoms with Gasteiger partial charge in [-0.3, -0.25) is 9.58 Å². The third kappa shape index (κ3) is 3.47. The predicted molar refractivity (Wildman–Crippen MR) is 81.6 cm³/mol. The van der Waals surface area contributed by atoms with Crippen molar-refractivity contribution in [3.8, 4) is 0 Å². The Morgan fingerprint density at radius 3 is 3.10 bits per heavy atom. The molecule has 3 rings (SSSR count). The van der Waals surface area contributed by atoms with Crippen LogP contribution in [-0.2, 0) is 13.1 Å². The lowest BCUT2D eigenvalue weighted by atomic mass is 9.98. The van der Waals surface area contributed by atoms with Gasteiger partial charge >= 0.3 is 0 Å². The van der Waals surface area contributed by atoms with Crippen LogP contribution in [0.3, 0.4) is 0 Å². The molecule has 0 aliphatic carbocycles. The zero-order chi connectivity index (χ0) is 14.5. The summed E-state index contributed by atoms with van der Waals surface area (Å²) in [6.07, 6.45) is 12.5. The SMILES string of the molecule is CCCn1cc(CN2CCCC[C@@H]2c2ccncn2)cn1. The molecule has 0 radical (unpaired) electrons. The maximum Gasteiger partial charge on any atom is 0.115 e. The summed E-state index contributed by atoms with van der Waals surface area (Å²) in [7, 11) is 0. The monoisotopic (exact) mass is 285 g/mol. The lowest BCUT2D eigenvalue weighted by molar-refractivity contribution is 0.137. The van der Waals surface area contributed by atoms with Crippen LogP contribution in [0.4, 0.5) is 0 Å². The number of rotatable bonds is 5. The fourth-order valence-corrected chi connectivity index (χ4v) is 3.09. The van der Waals surface area contributed by atoms with Gasteiger partial charge in [0.15, 0.2) is 0 Å². The standard InChI is InChI=1S/C16H23N5/c1-2-8-21-12-14(10-19-21)11-20-9-4-3-5-16(20)15-6-7-17-13-18-15/h6-7,10,12-13,16H,2-5,8-9,11H2,1H3/t16-/m1/s1. The Labute approximate surface area is 126 Å². The lowest BCUT2D eigenvalue weighted by Crippen LogP contribution is -2.33. The molecule has 1 fully saturated rings. The summed E-state index contributed by atoms with van der Waals surface area (Å²) in [6.45, 7) is 5.26. The highest BCUT2D eigenvalue weighted by Crippen LogP contribution is 2.30. The van der Waals surface area contributed by atoms with Crippen molar-refractivity contribution in [1.82, 2.24) is 24.6 Å². The fourth-order valence-electron chi connectivity index (χ4n) is 3.09. The molecule has 0 amide bonds. The molecular formula is C16H23N5. The van der Waals surface area contributed by atoms with E-state index in [1.165, 1.54) is 24.8 Å². The van der Waals surface area contributed by atoms with E-state index in [4.69, 9.17) is 0 Å². The van der Waals surface area contributed by atoms with Crippen molar-refractivity contribution in [3.63, 3.8) is 0 Å². The van der Waals surface area contributed by atoms with Crippen LogP contribution in [0.15, 0.2) is 31.0 Å². The van der Waals surface area contributed by atoms with E-state index < -0.39 is 0 Å². The minimum atomic E-state index is 0.413. The van der Waals surface area contributed by atoms with E-state index >= 15 is 0 Å². The van der Waals surface area contributed by atoms with Crippen LogP contribution in [0.2, 0.25) is 0 Å². The van der Waals surface area contributed by atoms with Gasteiger partial charge in [-0.2, -0.15) is 5.10 Å². The highest BCUT2D eigenvalue weighted by molar-refractivity contribution is 5.09. The molecule has 5 nitrogen and oxygen atoms in total. The molecular weight excluding hydrogens is 262 g/mol. The van der Waals surface area contributed by atoms with E-state index in [-0.39, 0.29) is 0 Å². The molecule has 0 bridgehead atoms. The van der Waals surface area contributed by atoms with Gasteiger partial charge in [0.2, 0.25) is 0 Å². The van der Waals surface area contributed by atoms with Gasteiger partial charge in [-0.15, -0.1) is 0 Å². The summed E-state index contributed by atoms with van der Waals surface area (Å²) in [6, 6.07) is 2.46. The van der Waals surface area contributed by atoms with Gasteiger partial charge < -0.3 is 0 Å². The zero-order valence-electron chi connectivity index (χ0n) is 12.6. The van der Waals surface area contributed by atoms with Gasteiger partial charge in [0.25, 0.3) is 0 Å². The number of nitrogens with zero attached hydrogens (tertiary/aromatic N) is 5. The Morgan fingerprint density at radius 1 is 1.33 bits per heavy atom. The summed E-state index contributed by atoms with van der Waals surface area (Å²) >= 11 is 0. The molecule has 0 spiro atoms. The van der Waals surface area contributed by atoms with Crippen molar-refractivity contribution in [2.45, 2.75) is 51.7 Å². The first-order valence-corrected chi connectivity index (χ1v) is 7.88. The van der Waals surface area contributed by atoms with Crippen LogP contribution in [0, 0.1) is 0 Å². The number of piperidine rings is 1. The Balaban J connectivity index is 1.72. The quantitative estimate of drug-likeness (QED) is 0.847. The van der Waals surface area contributed by atoms with E-state index in [1.807, 2.05) is 23.1 Å². The summed E-state index contributed by atoms with van der Waals surface area (Å²) < 4.78 is 2.04. The van der Waals surface area contributed by atoms with Crippen molar-refractivity contribution in [2.75, 3.05) is 6.54 Å². The topological polar surface area (TPSA) is 46.8 Å². The predicted octanol–water partition coefficient (Wildman–Crippen LogP) is 2.81. The first-order chi connectivity index (χ1) is 10.4. The number of hydrogen-bond donors (Lipinski definition) is 0. The fraction of sp³-hybridized carbons (Fsp3) is 0.562. The van der Waals surface area contributed by atoms with Crippen molar-refractivity contribution >= 4 is 0 Å². The summed E-state index contributed by atoms with van der Waals surface area (Å²) in [4.78, 5) is 11.0. The third-order valence-electron chi connectivity index (χ3n) is 4.08. The number of hydrogen-bond acceptors (Lipinski definition) is 4. The molecule has 2 aromatic heterocycles. The van der Waals surface area contributed by atoms with Crippen LogP contribution in [0.1, 0.15) is 49.9 Å². The molecule has 1 saturated heterocycles. The van der Waals surface area contributed by atoms with E-state index in [0.29, 0.717) is 6.04 Å². The molecule has 3 heterocycles. The molecule has 0 saturated carbocycles. The molecule has 0 aromatic carbocycles. The molecule has 1 atom stereocenters. The zero-order valence-corrected chi connectivity index (χ0v) is 12.6. The molecule has 21 heavy (non-hydrogen) atoms. The molecule has 1 aliphatic rings. The first kappa shape index (κ1) is 14.2. The molecule has 1 aliphatic heterocycles. The van der Waals surface area contributed by atoms with Gasteiger partial charge in [0.05, 0.1) is 17.9 Å². The van der Waals surface area contributed by atoms with Gasteiger partial charge in [-0.05, 0) is 31.9 Å². The molecule has 5 heteroatoms. The number of aromatic nitrogens is 4. The van der Waals surface area contributed by atoms with Crippen molar-refractivity contribution in [3.05, 3.63) is 42.2 Å². The normalized spacial score (nSPS) is 19.8. The van der Waals surface area contributed by atoms with Gasteiger partial charge in [-0.1, -0.05) is 13.3 Å². The second kappa shape index (κ2) is 6.80. The smallest absolute Gasteiger partial charge is 0.115 e. The second-order valence-corrected chi connectivity index (χ2v) is 5.73. The Morgan fingerprint density at radius 2 is 2.29 bits per heavy atom.